The molecular formula is C57H90O23. The summed E-state index contributed by atoms with van der Waals surface area (Å²) in [5.41, 5.74) is -4.55. The zero-order chi connectivity index (χ0) is 59.3. The first-order chi connectivity index (χ1) is 37.3. The van der Waals surface area contributed by atoms with Gasteiger partial charge in [-0.3, -0.25) is 4.79 Å². The molecule has 8 rings (SSSR count). The van der Waals surface area contributed by atoms with Crippen molar-refractivity contribution < 1.29 is 114 Å². The maximum Gasteiger partial charge on any atom is 0.335 e. The molecule has 456 valence electrons. The van der Waals surface area contributed by atoms with Gasteiger partial charge in [-0.15, -0.1) is 0 Å². The van der Waals surface area contributed by atoms with Crippen molar-refractivity contribution >= 4 is 17.9 Å². The Kier molecular flexibility index (Phi) is 18.1. The summed E-state index contributed by atoms with van der Waals surface area (Å²) in [6.07, 6.45) is -25.1. The average Bonchev–Trinajstić information content (AvgIpc) is 1.93. The van der Waals surface area contributed by atoms with Crippen LogP contribution >= 0.6 is 0 Å². The molecule has 12 N–H and O–H groups in total. The number of carbonyl (C=O) groups excluding carboxylic acids is 2. The molecule has 23 nitrogen and oxygen atoms in total. The topological polar surface area (TPSA) is 368 Å². The number of hydrogen-bond acceptors (Lipinski definition) is 22. The van der Waals surface area contributed by atoms with Crippen LogP contribution in [-0.4, -0.2) is 216 Å². The van der Waals surface area contributed by atoms with Crippen LogP contribution in [0.1, 0.15) is 121 Å². The Morgan fingerprint density at radius 2 is 1.31 bits per heavy atom. The van der Waals surface area contributed by atoms with Crippen LogP contribution in [-0.2, 0) is 52.3 Å². The number of fused-ring (bicyclic) bond motifs is 7. The van der Waals surface area contributed by atoms with Crippen LogP contribution in [0.3, 0.4) is 0 Å². The number of aliphatic hydroxyl groups is 11. The van der Waals surface area contributed by atoms with Gasteiger partial charge in [0.25, 0.3) is 0 Å². The first kappa shape index (κ1) is 63.2. The molecule has 4 saturated carbocycles. The molecule has 0 bridgehead atoms. The van der Waals surface area contributed by atoms with E-state index in [2.05, 4.69) is 19.9 Å². The van der Waals surface area contributed by atoms with E-state index < -0.39 is 199 Å². The second-order valence-electron chi connectivity index (χ2n) is 26.4. The van der Waals surface area contributed by atoms with E-state index in [1.54, 1.807) is 26.8 Å². The second-order valence-corrected chi connectivity index (χ2v) is 26.4. The maximum atomic E-state index is 13.5. The highest BCUT2D eigenvalue weighted by Crippen LogP contribution is 2.76. The number of aliphatic hydroxyl groups excluding tert-OH is 11. The Bertz CT molecular complexity index is 2330. The lowest BCUT2D eigenvalue weighted by atomic mass is 9.32. The highest BCUT2D eigenvalue weighted by Gasteiger charge is 2.76. The SMILES string of the molecule is C/C=C(/C)C(=O)O[C@H]1[C@H](O)[C@@]2(COC(=O)C(C)CC)C(CC1(C)C)C1=CCC3[C@@]4(C)CC[C@H](O[C@@H]5OC(C(=O)O)[C@@H](O)[C@@H](O[C@@H]6O[C@@H](CO)C(O)[C@@H]6O)C5O[C@@H]5OC(CO)[C@H](O)[C@@H](O)C5O)C(C)(C)C4CC[C@@]3(C)[C@]1(C)[C@@H](O)[C@H]2O. The lowest BCUT2D eigenvalue weighted by Gasteiger charge is -2.73. The van der Waals surface area contributed by atoms with Crippen LogP contribution in [0, 0.1) is 56.2 Å². The zero-order valence-corrected chi connectivity index (χ0v) is 47.9. The van der Waals surface area contributed by atoms with Gasteiger partial charge in [0.05, 0.1) is 42.9 Å². The Balaban J connectivity index is 1.13. The fraction of sp³-hybridized carbons (Fsp3) is 0.877. The standard InChI is InChI=1S/C57H90O23/c1-12-24(3)47(71)73-23-57-27(20-52(5,6)45(44(57)68)80-48(72)25(4)13-2)26-14-15-31-54(9)18-17-32(53(7,8)30(54)16-19-55(31,10)56(26,11)42(66)43(57)67)76-51-41(79-50-37(64)35(62)33(60)28(21-58)74-50)39(38(65)40(78-51)46(69)70)77-49-36(63)34(61)29(22-59)75-49/h13-14,24,27-45,49-51,58-68H,12,15-23H2,1-11H3,(H,69,70)/b25-13-/t24?,27?,28?,29-,30?,31?,32-,33-,34?,35+,36-,37?,38-,39+,40?,41?,42-,43+,44-,45-,49-,50-,51+,54-,55+,56-,57-/m0/s1. The number of carbonyl (C=O) groups is 3. The van der Waals surface area contributed by atoms with Crippen molar-refractivity contribution in [1.82, 2.24) is 0 Å². The van der Waals surface area contributed by atoms with E-state index in [0.717, 1.165) is 5.57 Å². The van der Waals surface area contributed by atoms with Crippen molar-refractivity contribution in [3.05, 3.63) is 23.3 Å². The van der Waals surface area contributed by atoms with E-state index in [4.69, 9.17) is 37.9 Å². The molecule has 3 heterocycles. The normalized spacial score (nSPS) is 49.2. The summed E-state index contributed by atoms with van der Waals surface area (Å²) < 4.78 is 48.6. The Morgan fingerprint density at radius 3 is 1.89 bits per heavy atom. The average molecular weight is 1140 g/mol. The van der Waals surface area contributed by atoms with E-state index in [1.165, 1.54) is 0 Å². The molecule has 3 saturated heterocycles. The monoisotopic (exact) mass is 1140 g/mol. The van der Waals surface area contributed by atoms with Crippen molar-refractivity contribution in [2.24, 2.45) is 56.2 Å². The number of hydrogen-bond donors (Lipinski definition) is 12. The van der Waals surface area contributed by atoms with Crippen molar-refractivity contribution in [3.8, 4) is 0 Å². The number of rotatable bonds is 15. The largest absolute Gasteiger partial charge is 0.479 e. The summed E-state index contributed by atoms with van der Waals surface area (Å²) in [5, 5.41) is 135. The number of aliphatic carboxylic acids is 1. The van der Waals surface area contributed by atoms with Gasteiger partial charge < -0.3 is 99.2 Å². The summed E-state index contributed by atoms with van der Waals surface area (Å²) in [7, 11) is 0. The highest BCUT2D eigenvalue weighted by atomic mass is 16.8. The van der Waals surface area contributed by atoms with E-state index in [0.29, 0.717) is 50.5 Å². The number of ether oxygens (including phenoxy) is 8. The van der Waals surface area contributed by atoms with Crippen molar-refractivity contribution in [1.29, 1.82) is 0 Å². The zero-order valence-electron chi connectivity index (χ0n) is 47.9. The van der Waals surface area contributed by atoms with Crippen LogP contribution in [0.25, 0.3) is 0 Å². The van der Waals surface area contributed by atoms with Crippen molar-refractivity contribution in [2.75, 3.05) is 19.8 Å². The molecule has 8 aliphatic rings. The summed E-state index contributed by atoms with van der Waals surface area (Å²) in [5.74, 6) is -4.27. The van der Waals surface area contributed by atoms with Gasteiger partial charge >= 0.3 is 17.9 Å². The van der Waals surface area contributed by atoms with Gasteiger partial charge in [0.2, 0.25) is 0 Å². The number of carboxylic acid groups (broad SMARTS) is 1. The summed E-state index contributed by atoms with van der Waals surface area (Å²) in [6.45, 7) is 19.0. The van der Waals surface area contributed by atoms with Crippen molar-refractivity contribution in [2.45, 2.75) is 238 Å². The molecule has 0 aromatic heterocycles. The summed E-state index contributed by atoms with van der Waals surface area (Å²) in [6, 6.07) is 0. The molecule has 0 spiro atoms. The van der Waals surface area contributed by atoms with E-state index in [9.17, 15) is 75.7 Å². The Labute approximate surface area is 467 Å². The van der Waals surface area contributed by atoms with Gasteiger partial charge in [0.15, 0.2) is 25.0 Å². The molecule has 9 unspecified atom stereocenters. The fourth-order valence-electron chi connectivity index (χ4n) is 16.3. The lowest BCUT2D eigenvalue weighted by molar-refractivity contribution is -0.386. The number of esters is 2. The molecule has 27 atom stereocenters. The van der Waals surface area contributed by atoms with E-state index >= 15 is 0 Å². The molecular weight excluding hydrogens is 1050 g/mol. The molecule has 80 heavy (non-hydrogen) atoms. The van der Waals surface area contributed by atoms with Crippen LogP contribution in [0.15, 0.2) is 23.3 Å². The molecule has 0 aromatic carbocycles. The Hall–Kier alpha value is -2.79. The fourth-order valence-corrected chi connectivity index (χ4v) is 16.3. The predicted molar refractivity (Wildman–Crippen MR) is 277 cm³/mol. The maximum absolute atomic E-state index is 13.5. The second kappa shape index (κ2) is 22.9. The van der Waals surface area contributed by atoms with Crippen molar-refractivity contribution in [3.63, 3.8) is 0 Å². The number of carboxylic acids is 1. The van der Waals surface area contributed by atoms with Gasteiger partial charge in [-0.25, -0.2) is 9.59 Å². The third kappa shape index (κ3) is 9.93. The number of allylic oxidation sites excluding steroid dienone is 2. The molecule has 23 heteroatoms. The van der Waals surface area contributed by atoms with Gasteiger partial charge in [-0.05, 0) is 92.8 Å². The van der Waals surface area contributed by atoms with Gasteiger partial charge in [0, 0.05) is 16.4 Å². The van der Waals surface area contributed by atoms with E-state index in [1.807, 2.05) is 41.5 Å². The molecule has 0 aromatic rings. The molecule has 3 aliphatic heterocycles. The van der Waals surface area contributed by atoms with Gasteiger partial charge in [-0.2, -0.15) is 0 Å². The predicted octanol–water partition coefficient (Wildman–Crippen LogP) is 0.343. The molecule has 5 aliphatic carbocycles. The minimum Gasteiger partial charge on any atom is -0.479 e. The smallest absolute Gasteiger partial charge is 0.335 e. The summed E-state index contributed by atoms with van der Waals surface area (Å²) in [4.78, 5) is 39.8. The minimum atomic E-state index is -2.12. The highest BCUT2D eigenvalue weighted by molar-refractivity contribution is 5.87. The van der Waals surface area contributed by atoms with Crippen LogP contribution < -0.4 is 0 Å². The van der Waals surface area contributed by atoms with Crippen LogP contribution in [0.2, 0.25) is 0 Å². The molecule has 0 radical (unpaired) electrons. The van der Waals surface area contributed by atoms with Gasteiger partial charge in [-0.1, -0.05) is 80.0 Å². The quantitative estimate of drug-likeness (QED) is 0.0455. The summed E-state index contributed by atoms with van der Waals surface area (Å²) >= 11 is 0. The van der Waals surface area contributed by atoms with Crippen LogP contribution in [0.5, 0.6) is 0 Å². The third-order valence-electron chi connectivity index (χ3n) is 21.6. The van der Waals surface area contributed by atoms with Gasteiger partial charge in [0.1, 0.15) is 79.9 Å². The lowest BCUT2D eigenvalue weighted by Crippen LogP contribution is -2.76. The van der Waals surface area contributed by atoms with Crippen LogP contribution in [0.4, 0.5) is 0 Å². The first-order valence-corrected chi connectivity index (χ1v) is 28.5. The Morgan fingerprint density at radius 1 is 0.725 bits per heavy atom. The molecule has 0 amide bonds. The molecule has 7 fully saturated rings. The minimum absolute atomic E-state index is 0.146. The van der Waals surface area contributed by atoms with E-state index in [-0.39, 0.29) is 11.8 Å². The third-order valence-corrected chi connectivity index (χ3v) is 21.6. The first-order valence-electron chi connectivity index (χ1n) is 28.5.